The molecular weight excluding hydrogens is 937 g/mol. The third-order valence-electron chi connectivity index (χ3n) is 15.5. The van der Waals surface area contributed by atoms with E-state index in [0.29, 0.717) is 44.5 Å². The van der Waals surface area contributed by atoms with Crippen molar-refractivity contribution in [3.05, 3.63) is 128 Å². The van der Waals surface area contributed by atoms with Crippen LogP contribution in [0.1, 0.15) is 214 Å². The number of esters is 1. The van der Waals surface area contributed by atoms with Crippen molar-refractivity contribution in [3.63, 3.8) is 0 Å². The lowest BCUT2D eigenvalue weighted by atomic mass is 9.70. The Morgan fingerprint density at radius 2 is 1.00 bits per heavy atom. The minimum absolute atomic E-state index is 0.0630. The standard InChI is InChI=1S/C33H46O5.C33H44O4/c1-7-18-32(37,19-8-2)20-17-26-11-12-27(21-24(26)5)33(9-3,10-4)28-13-15-30(25(6)22-28)38-23-29(34)14-16-31(35)36;1-7-18-32(35,19-8-2)20-17-26-11-12-27(21-24(26)5)33(9-3,10-4)28-13-15-30(25(6)22-28)36-23-29-14-16-31(34)37-29/h11-13,15,21-22,29,34,37H,7-10,14,16,18-19,23H2,1-6H3,(H,35,36);11-13,15,21-22,29,35H,7-10,14,16,18-19,23H2,1-6H3/t2*29-/m00/s1. The van der Waals surface area contributed by atoms with Gasteiger partial charge < -0.3 is 34.6 Å². The maximum Gasteiger partial charge on any atom is 0.306 e. The first-order valence-electron chi connectivity index (χ1n) is 28.0. The molecule has 0 saturated carbocycles. The van der Waals surface area contributed by atoms with Crippen molar-refractivity contribution in [1.29, 1.82) is 0 Å². The quantitative estimate of drug-likeness (QED) is 0.0377. The largest absolute Gasteiger partial charge is 0.491 e. The van der Waals surface area contributed by atoms with Gasteiger partial charge in [-0.25, -0.2) is 0 Å². The van der Waals surface area contributed by atoms with E-state index < -0.39 is 23.3 Å². The Morgan fingerprint density at radius 3 is 1.33 bits per heavy atom. The van der Waals surface area contributed by atoms with Crippen molar-refractivity contribution >= 4 is 11.9 Å². The monoisotopic (exact) mass is 1030 g/mol. The highest BCUT2D eigenvalue weighted by Crippen LogP contribution is 2.43. The minimum atomic E-state index is -0.932. The molecule has 5 rings (SSSR count). The van der Waals surface area contributed by atoms with Gasteiger partial charge in [-0.3, -0.25) is 9.59 Å². The smallest absolute Gasteiger partial charge is 0.306 e. The van der Waals surface area contributed by atoms with Gasteiger partial charge in [0.25, 0.3) is 0 Å². The first-order valence-corrected chi connectivity index (χ1v) is 28.0. The van der Waals surface area contributed by atoms with Gasteiger partial charge in [-0.2, -0.15) is 0 Å². The molecule has 1 aliphatic heterocycles. The van der Waals surface area contributed by atoms with E-state index in [9.17, 15) is 24.9 Å². The summed E-state index contributed by atoms with van der Waals surface area (Å²) in [5.41, 5.74) is 9.07. The number of benzene rings is 4. The Labute approximate surface area is 451 Å². The van der Waals surface area contributed by atoms with E-state index in [2.05, 4.69) is 167 Å². The number of carbonyl (C=O) groups excluding carboxylic acids is 1. The van der Waals surface area contributed by atoms with Gasteiger partial charge in [-0.1, -0.05) is 153 Å². The number of ether oxygens (including phenoxy) is 3. The number of carboxylic acids is 1. The van der Waals surface area contributed by atoms with Gasteiger partial charge in [0.2, 0.25) is 0 Å². The molecule has 0 bridgehead atoms. The van der Waals surface area contributed by atoms with E-state index in [-0.39, 0.29) is 42.4 Å². The van der Waals surface area contributed by atoms with Crippen molar-refractivity contribution in [2.75, 3.05) is 13.2 Å². The number of carbonyl (C=O) groups is 2. The zero-order chi connectivity index (χ0) is 55.4. The number of aliphatic hydroxyl groups excluding tert-OH is 1. The zero-order valence-electron chi connectivity index (χ0n) is 47.6. The van der Waals surface area contributed by atoms with Crippen LogP contribution in [0.4, 0.5) is 0 Å². The van der Waals surface area contributed by atoms with Crippen molar-refractivity contribution < 1.29 is 44.2 Å². The first-order chi connectivity index (χ1) is 35.7. The number of hydrogen-bond donors (Lipinski definition) is 4. The molecule has 0 aliphatic carbocycles. The highest BCUT2D eigenvalue weighted by molar-refractivity contribution is 5.71. The molecule has 1 heterocycles. The first kappa shape index (κ1) is 62.0. The maximum absolute atomic E-state index is 11.4. The van der Waals surface area contributed by atoms with Gasteiger partial charge >= 0.3 is 11.9 Å². The molecule has 1 aliphatic rings. The molecule has 4 N–H and O–H groups in total. The molecule has 0 aromatic heterocycles. The fourth-order valence-electron chi connectivity index (χ4n) is 10.9. The molecule has 0 amide bonds. The van der Waals surface area contributed by atoms with Crippen molar-refractivity contribution in [1.82, 2.24) is 0 Å². The second-order valence-electron chi connectivity index (χ2n) is 21.0. The zero-order valence-corrected chi connectivity index (χ0v) is 47.6. The average molecular weight is 1030 g/mol. The van der Waals surface area contributed by atoms with E-state index in [1.165, 1.54) is 22.3 Å². The number of aliphatic hydroxyl groups is 3. The second kappa shape index (κ2) is 29.1. The van der Waals surface area contributed by atoms with Crippen LogP contribution in [0.25, 0.3) is 0 Å². The second-order valence-corrected chi connectivity index (χ2v) is 21.0. The molecule has 0 unspecified atom stereocenters. The topological polar surface area (TPSA) is 143 Å². The highest BCUT2D eigenvalue weighted by atomic mass is 16.6. The molecule has 4 aromatic carbocycles. The van der Waals surface area contributed by atoms with E-state index in [1.54, 1.807) is 0 Å². The minimum Gasteiger partial charge on any atom is -0.491 e. The molecule has 75 heavy (non-hydrogen) atoms. The molecule has 1 fully saturated rings. The fourth-order valence-corrected chi connectivity index (χ4v) is 10.9. The van der Waals surface area contributed by atoms with Gasteiger partial charge in [0.05, 0.1) is 6.10 Å². The van der Waals surface area contributed by atoms with Gasteiger partial charge in [-0.05, 0) is 161 Å². The van der Waals surface area contributed by atoms with Crippen LogP contribution >= 0.6 is 0 Å². The molecule has 9 heteroatoms. The lowest BCUT2D eigenvalue weighted by Crippen LogP contribution is -2.27. The van der Waals surface area contributed by atoms with Gasteiger partial charge in [0, 0.05) is 34.8 Å². The lowest BCUT2D eigenvalue weighted by molar-refractivity contribution is -0.142. The van der Waals surface area contributed by atoms with E-state index >= 15 is 0 Å². The van der Waals surface area contributed by atoms with E-state index in [0.717, 1.165) is 96.9 Å². The van der Waals surface area contributed by atoms with Gasteiger partial charge in [0.1, 0.15) is 42.0 Å². The van der Waals surface area contributed by atoms with Gasteiger partial charge in [0.15, 0.2) is 0 Å². The maximum atomic E-state index is 11.4. The van der Waals surface area contributed by atoms with Crippen molar-refractivity contribution in [2.24, 2.45) is 0 Å². The van der Waals surface area contributed by atoms with Crippen LogP contribution in [0, 0.1) is 51.4 Å². The van der Waals surface area contributed by atoms with Crippen LogP contribution in [0.3, 0.4) is 0 Å². The normalized spacial score (nSPS) is 14.1. The molecule has 4 aromatic rings. The Morgan fingerprint density at radius 1 is 0.613 bits per heavy atom. The van der Waals surface area contributed by atoms with E-state index in [4.69, 9.17) is 19.3 Å². The predicted octanol–water partition coefficient (Wildman–Crippen LogP) is 13.9. The number of hydrogen-bond acceptors (Lipinski definition) is 8. The Hall–Kier alpha value is -5.58. The van der Waals surface area contributed by atoms with Crippen LogP contribution in [0.2, 0.25) is 0 Å². The third-order valence-corrected chi connectivity index (χ3v) is 15.5. The summed E-state index contributed by atoms with van der Waals surface area (Å²) in [4.78, 5) is 22.1. The average Bonchev–Trinajstić information content (AvgIpc) is 3.80. The van der Waals surface area contributed by atoms with Crippen LogP contribution in [-0.4, -0.2) is 69.0 Å². The van der Waals surface area contributed by atoms with Crippen LogP contribution in [0.15, 0.2) is 72.8 Å². The number of carboxylic acid groups (broad SMARTS) is 1. The summed E-state index contributed by atoms with van der Waals surface area (Å²) < 4.78 is 17.1. The predicted molar refractivity (Wildman–Crippen MR) is 304 cm³/mol. The summed E-state index contributed by atoms with van der Waals surface area (Å²) in [6.45, 7) is 26.0. The molecular formula is C66H90O9. The van der Waals surface area contributed by atoms with Gasteiger partial charge in [-0.15, -0.1) is 0 Å². The summed E-state index contributed by atoms with van der Waals surface area (Å²) in [5.74, 6) is 13.4. The highest BCUT2D eigenvalue weighted by Gasteiger charge is 2.34. The molecule has 408 valence electrons. The van der Waals surface area contributed by atoms with Crippen molar-refractivity contribution in [2.45, 2.75) is 220 Å². The summed E-state index contributed by atoms with van der Waals surface area (Å²) in [6.07, 6.45) is 10.5. The van der Waals surface area contributed by atoms with E-state index in [1.807, 2.05) is 13.0 Å². The molecule has 9 nitrogen and oxygen atoms in total. The number of cyclic esters (lactones) is 1. The number of aliphatic carboxylic acids is 1. The number of aryl methyl sites for hydroxylation is 4. The Bertz CT molecular complexity index is 2600. The van der Waals surface area contributed by atoms with Crippen molar-refractivity contribution in [3.8, 4) is 35.2 Å². The molecule has 1 saturated heterocycles. The van der Waals surface area contributed by atoms with Crippen LogP contribution in [-0.2, 0) is 25.2 Å². The summed E-state index contributed by atoms with van der Waals surface area (Å²) in [6, 6.07) is 25.7. The summed E-state index contributed by atoms with van der Waals surface area (Å²) in [5, 5.41) is 40.7. The molecule has 0 spiro atoms. The lowest BCUT2D eigenvalue weighted by Gasteiger charge is -2.34. The third kappa shape index (κ3) is 16.7. The van der Waals surface area contributed by atoms with Crippen LogP contribution < -0.4 is 9.47 Å². The SMILES string of the molecule is CCCC(O)(C#Cc1ccc(C(CC)(CC)c2ccc(OC[C@@H](O)CCC(=O)O)c(C)c2)cc1C)CCC.CCCC(O)(C#Cc1ccc(C(CC)(CC)c2ccc(OC[C@@H]3CCC(=O)O3)c(C)c2)cc1C)CCC. The Kier molecular flexibility index (Phi) is 24.0. The molecule has 0 radical (unpaired) electrons. The molecule has 2 atom stereocenters. The summed E-state index contributed by atoms with van der Waals surface area (Å²) >= 11 is 0. The fraction of sp³-hybridized carbons (Fsp3) is 0.545. The Balaban J connectivity index is 0.000000325. The summed E-state index contributed by atoms with van der Waals surface area (Å²) in [7, 11) is 0. The van der Waals surface area contributed by atoms with Crippen LogP contribution in [0.5, 0.6) is 11.5 Å². The number of rotatable bonds is 25.